The van der Waals surface area contributed by atoms with Crippen molar-refractivity contribution in [3.63, 3.8) is 0 Å². The number of ether oxygens (including phenoxy) is 1. The zero-order valence-corrected chi connectivity index (χ0v) is 13.4. The van der Waals surface area contributed by atoms with Crippen LogP contribution in [0.5, 0.6) is 5.75 Å². The van der Waals surface area contributed by atoms with Gasteiger partial charge < -0.3 is 15.0 Å². The molecule has 0 aliphatic carbocycles. The van der Waals surface area contributed by atoms with Crippen LogP contribution in [0.4, 0.5) is 0 Å². The van der Waals surface area contributed by atoms with Crippen molar-refractivity contribution in [2.75, 3.05) is 27.7 Å². The first-order valence-electron chi connectivity index (χ1n) is 7.17. The molecule has 0 bridgehead atoms. The minimum Gasteiger partial charge on any atom is -0.497 e. The van der Waals surface area contributed by atoms with E-state index < -0.39 is 0 Å². The smallest absolute Gasteiger partial charge is 0.193 e. The van der Waals surface area contributed by atoms with Crippen LogP contribution in [0.3, 0.4) is 0 Å². The summed E-state index contributed by atoms with van der Waals surface area (Å²) >= 11 is 0. The lowest BCUT2D eigenvalue weighted by Crippen LogP contribution is -2.38. The Labute approximate surface area is 122 Å². The Morgan fingerprint density at radius 3 is 2.70 bits per heavy atom. The third kappa shape index (κ3) is 5.11. The number of hydrogen-bond acceptors (Lipinski definition) is 2. The molecule has 0 heterocycles. The van der Waals surface area contributed by atoms with E-state index in [4.69, 9.17) is 4.74 Å². The first-order chi connectivity index (χ1) is 9.60. The normalized spacial score (nSPS) is 11.3. The van der Waals surface area contributed by atoms with Gasteiger partial charge in [-0.2, -0.15) is 0 Å². The van der Waals surface area contributed by atoms with E-state index >= 15 is 0 Å². The van der Waals surface area contributed by atoms with Gasteiger partial charge in [-0.25, -0.2) is 0 Å². The number of hydrogen-bond donors (Lipinski definition) is 1. The quantitative estimate of drug-likeness (QED) is 0.642. The minimum atomic E-state index is 0.751. The summed E-state index contributed by atoms with van der Waals surface area (Å²) in [6, 6.07) is 6.25. The first kappa shape index (κ1) is 16.3. The molecule has 0 saturated heterocycles. The molecule has 1 aromatic carbocycles. The standard InChI is InChI=1S/C16H27N3O/c1-6-7-8-19(4)16(17-3)18-12-14-9-13(2)10-15(11-14)20-5/h9-11H,6-8,12H2,1-5H3,(H,17,18). The highest BCUT2D eigenvalue weighted by Gasteiger charge is 2.05. The van der Waals surface area contributed by atoms with Crippen LogP contribution in [-0.4, -0.2) is 38.6 Å². The summed E-state index contributed by atoms with van der Waals surface area (Å²) in [4.78, 5) is 6.48. The van der Waals surface area contributed by atoms with Gasteiger partial charge in [0.05, 0.1) is 7.11 Å². The number of nitrogens with one attached hydrogen (secondary N) is 1. The number of aryl methyl sites for hydroxylation is 1. The fourth-order valence-corrected chi connectivity index (χ4v) is 2.11. The summed E-state index contributed by atoms with van der Waals surface area (Å²) in [5, 5.41) is 3.39. The van der Waals surface area contributed by atoms with E-state index in [1.165, 1.54) is 24.0 Å². The van der Waals surface area contributed by atoms with Crippen LogP contribution in [0.15, 0.2) is 23.2 Å². The average Bonchev–Trinajstić information content (AvgIpc) is 2.45. The van der Waals surface area contributed by atoms with Crippen LogP contribution >= 0.6 is 0 Å². The molecule has 0 unspecified atom stereocenters. The zero-order chi connectivity index (χ0) is 15.0. The van der Waals surface area contributed by atoms with E-state index in [0.717, 1.165) is 24.8 Å². The van der Waals surface area contributed by atoms with E-state index in [1.807, 2.05) is 13.1 Å². The highest BCUT2D eigenvalue weighted by Crippen LogP contribution is 2.16. The van der Waals surface area contributed by atoms with Crippen LogP contribution in [0.1, 0.15) is 30.9 Å². The van der Waals surface area contributed by atoms with E-state index in [1.54, 1.807) is 7.11 Å². The van der Waals surface area contributed by atoms with Crippen molar-refractivity contribution in [2.24, 2.45) is 4.99 Å². The SMILES string of the molecule is CCCCN(C)C(=NC)NCc1cc(C)cc(OC)c1. The molecule has 0 aromatic heterocycles. The van der Waals surface area contributed by atoms with Gasteiger partial charge >= 0.3 is 0 Å². The van der Waals surface area contributed by atoms with Crippen LogP contribution in [0, 0.1) is 6.92 Å². The van der Waals surface area contributed by atoms with Crippen molar-refractivity contribution >= 4 is 5.96 Å². The van der Waals surface area contributed by atoms with Crippen molar-refractivity contribution in [1.29, 1.82) is 0 Å². The Balaban J connectivity index is 2.62. The van der Waals surface area contributed by atoms with Gasteiger partial charge in [0.25, 0.3) is 0 Å². The van der Waals surface area contributed by atoms with Crippen molar-refractivity contribution in [3.8, 4) is 5.75 Å². The Bertz CT molecular complexity index is 443. The van der Waals surface area contributed by atoms with Gasteiger partial charge in [0.1, 0.15) is 5.75 Å². The molecule has 0 fully saturated rings. The molecule has 0 aliphatic heterocycles. The molecular formula is C16H27N3O. The van der Waals surface area contributed by atoms with Gasteiger partial charge in [0, 0.05) is 27.2 Å². The molecule has 0 atom stereocenters. The first-order valence-corrected chi connectivity index (χ1v) is 7.17. The minimum absolute atomic E-state index is 0.751. The van der Waals surface area contributed by atoms with Gasteiger partial charge in [0.2, 0.25) is 0 Å². The maximum absolute atomic E-state index is 5.30. The molecular weight excluding hydrogens is 250 g/mol. The van der Waals surface area contributed by atoms with Crippen molar-refractivity contribution < 1.29 is 4.74 Å². The number of rotatable bonds is 6. The predicted molar refractivity (Wildman–Crippen MR) is 85.5 cm³/mol. The van der Waals surface area contributed by atoms with Crippen molar-refractivity contribution in [3.05, 3.63) is 29.3 Å². The summed E-state index contributed by atoms with van der Waals surface area (Å²) in [5.41, 5.74) is 2.40. The zero-order valence-electron chi connectivity index (χ0n) is 13.4. The van der Waals surface area contributed by atoms with Crippen LogP contribution in [-0.2, 0) is 6.54 Å². The second-order valence-electron chi connectivity index (χ2n) is 5.03. The third-order valence-corrected chi connectivity index (χ3v) is 3.22. The van der Waals surface area contributed by atoms with Crippen LogP contribution in [0.25, 0.3) is 0 Å². The highest BCUT2D eigenvalue weighted by atomic mass is 16.5. The molecule has 4 heteroatoms. The average molecular weight is 277 g/mol. The number of guanidine groups is 1. The Morgan fingerprint density at radius 2 is 2.10 bits per heavy atom. The summed E-state index contributed by atoms with van der Waals surface area (Å²) in [5.74, 6) is 1.83. The number of aliphatic imine (C=N–C) groups is 1. The Kier molecular flexibility index (Phi) is 6.91. The Morgan fingerprint density at radius 1 is 1.35 bits per heavy atom. The molecule has 0 aliphatic rings. The summed E-state index contributed by atoms with van der Waals surface area (Å²) in [7, 11) is 5.59. The molecule has 1 aromatic rings. The second kappa shape index (κ2) is 8.46. The fraction of sp³-hybridized carbons (Fsp3) is 0.562. The van der Waals surface area contributed by atoms with E-state index in [-0.39, 0.29) is 0 Å². The van der Waals surface area contributed by atoms with Gasteiger partial charge in [0.15, 0.2) is 5.96 Å². The van der Waals surface area contributed by atoms with Gasteiger partial charge in [-0.3, -0.25) is 4.99 Å². The van der Waals surface area contributed by atoms with E-state index in [0.29, 0.717) is 0 Å². The number of nitrogens with zero attached hydrogens (tertiary/aromatic N) is 2. The molecule has 0 spiro atoms. The summed E-state index contributed by atoms with van der Waals surface area (Å²) < 4.78 is 5.30. The lowest BCUT2D eigenvalue weighted by molar-refractivity contribution is 0.413. The lowest BCUT2D eigenvalue weighted by atomic mass is 10.1. The molecule has 20 heavy (non-hydrogen) atoms. The number of unbranched alkanes of at least 4 members (excludes halogenated alkanes) is 1. The van der Waals surface area contributed by atoms with Gasteiger partial charge in [-0.05, 0) is 36.6 Å². The second-order valence-corrected chi connectivity index (χ2v) is 5.03. The summed E-state index contributed by atoms with van der Waals surface area (Å²) in [6.07, 6.45) is 2.37. The number of methoxy groups -OCH3 is 1. The largest absolute Gasteiger partial charge is 0.497 e. The highest BCUT2D eigenvalue weighted by molar-refractivity contribution is 5.79. The van der Waals surface area contributed by atoms with Gasteiger partial charge in [-0.15, -0.1) is 0 Å². The predicted octanol–water partition coefficient (Wildman–Crippen LogP) is 2.81. The molecule has 0 radical (unpaired) electrons. The monoisotopic (exact) mass is 277 g/mol. The van der Waals surface area contributed by atoms with Crippen molar-refractivity contribution in [2.45, 2.75) is 33.2 Å². The third-order valence-electron chi connectivity index (χ3n) is 3.22. The topological polar surface area (TPSA) is 36.9 Å². The van der Waals surface area contributed by atoms with Crippen molar-refractivity contribution in [1.82, 2.24) is 10.2 Å². The Hall–Kier alpha value is -1.71. The van der Waals surface area contributed by atoms with Crippen LogP contribution < -0.4 is 10.1 Å². The molecule has 1 rings (SSSR count). The molecule has 4 nitrogen and oxygen atoms in total. The van der Waals surface area contributed by atoms with E-state index in [9.17, 15) is 0 Å². The van der Waals surface area contributed by atoms with Crippen LogP contribution in [0.2, 0.25) is 0 Å². The number of benzene rings is 1. The van der Waals surface area contributed by atoms with E-state index in [2.05, 4.69) is 48.2 Å². The maximum atomic E-state index is 5.30. The molecule has 0 saturated carbocycles. The van der Waals surface area contributed by atoms with Gasteiger partial charge in [-0.1, -0.05) is 19.4 Å². The molecule has 0 amide bonds. The fourth-order valence-electron chi connectivity index (χ4n) is 2.11. The maximum Gasteiger partial charge on any atom is 0.193 e. The molecule has 112 valence electrons. The lowest BCUT2D eigenvalue weighted by Gasteiger charge is -2.22. The molecule has 1 N–H and O–H groups in total. The summed E-state index contributed by atoms with van der Waals surface area (Å²) in [6.45, 7) is 6.05.